The summed E-state index contributed by atoms with van der Waals surface area (Å²) in [6.07, 6.45) is 3.41. The molecule has 2 aliphatic rings. The van der Waals surface area contributed by atoms with Crippen LogP contribution < -0.4 is 0 Å². The van der Waals surface area contributed by atoms with Crippen molar-refractivity contribution in [3.63, 3.8) is 0 Å². The number of piperidine rings is 1. The number of furan rings is 1. The Morgan fingerprint density at radius 3 is 2.58 bits per heavy atom. The summed E-state index contributed by atoms with van der Waals surface area (Å²) in [6.45, 7) is 6.97. The normalized spacial score (nSPS) is 23.1. The maximum Gasteiger partial charge on any atom is 0.118 e. The van der Waals surface area contributed by atoms with Crippen LogP contribution in [0, 0.1) is 6.92 Å². The fourth-order valence-electron chi connectivity index (χ4n) is 4.36. The smallest absolute Gasteiger partial charge is 0.118 e. The van der Waals surface area contributed by atoms with E-state index >= 15 is 0 Å². The highest BCUT2D eigenvalue weighted by atomic mass is 16.5. The van der Waals surface area contributed by atoms with Gasteiger partial charge in [0.1, 0.15) is 11.5 Å². The summed E-state index contributed by atoms with van der Waals surface area (Å²) in [5.74, 6) is 2.07. The van der Waals surface area contributed by atoms with Crippen LogP contribution in [0.2, 0.25) is 0 Å². The average Bonchev–Trinajstić information content (AvgIpc) is 3.25. The molecule has 4 nitrogen and oxygen atoms in total. The molecule has 2 aliphatic heterocycles. The number of rotatable bonds is 5. The van der Waals surface area contributed by atoms with E-state index in [1.54, 1.807) is 0 Å². The van der Waals surface area contributed by atoms with Crippen LogP contribution in [0.4, 0.5) is 0 Å². The molecule has 0 amide bonds. The van der Waals surface area contributed by atoms with Gasteiger partial charge in [-0.1, -0.05) is 30.3 Å². The fourth-order valence-corrected chi connectivity index (χ4v) is 4.36. The van der Waals surface area contributed by atoms with Crippen molar-refractivity contribution in [2.45, 2.75) is 50.9 Å². The third kappa shape index (κ3) is 4.03. The second kappa shape index (κ2) is 7.55. The minimum atomic E-state index is 0.0885. The summed E-state index contributed by atoms with van der Waals surface area (Å²) >= 11 is 0. The molecular weight excluding hydrogens is 324 g/mol. The van der Waals surface area contributed by atoms with Gasteiger partial charge in [-0.2, -0.15) is 0 Å². The van der Waals surface area contributed by atoms with E-state index in [1.807, 2.05) is 13.0 Å². The molecule has 4 rings (SSSR count). The Hall–Kier alpha value is -1.62. The van der Waals surface area contributed by atoms with Crippen LogP contribution in [0.25, 0.3) is 0 Å². The van der Waals surface area contributed by atoms with Crippen molar-refractivity contribution >= 4 is 0 Å². The molecule has 1 spiro atoms. The Kier molecular flexibility index (Phi) is 5.16. The summed E-state index contributed by atoms with van der Waals surface area (Å²) in [4.78, 5) is 4.95. The van der Waals surface area contributed by atoms with Gasteiger partial charge in [-0.05, 0) is 50.9 Å². The molecule has 0 N–H and O–H groups in total. The highest BCUT2D eigenvalue weighted by Crippen LogP contribution is 2.38. The molecule has 3 heterocycles. The Morgan fingerprint density at radius 2 is 1.88 bits per heavy atom. The topological polar surface area (TPSA) is 28.9 Å². The van der Waals surface area contributed by atoms with Gasteiger partial charge in [0.25, 0.3) is 0 Å². The Balaban J connectivity index is 1.28. The van der Waals surface area contributed by atoms with Crippen molar-refractivity contribution in [2.24, 2.45) is 0 Å². The predicted octanol–water partition coefficient (Wildman–Crippen LogP) is 3.84. The van der Waals surface area contributed by atoms with Crippen LogP contribution in [0.1, 0.15) is 36.3 Å². The van der Waals surface area contributed by atoms with Crippen molar-refractivity contribution in [3.05, 3.63) is 59.5 Å². The van der Waals surface area contributed by atoms with Gasteiger partial charge < -0.3 is 9.15 Å². The molecule has 0 unspecified atom stereocenters. The SMILES string of the molecule is Cc1ccc(CN2CCC3(CC2)C[C@@H](N(C)Cc2ccccc2)CO3)o1. The van der Waals surface area contributed by atoms with E-state index in [0.29, 0.717) is 6.04 Å². The Labute approximate surface area is 156 Å². The monoisotopic (exact) mass is 354 g/mol. The van der Waals surface area contributed by atoms with E-state index in [4.69, 9.17) is 9.15 Å². The minimum absolute atomic E-state index is 0.0885. The lowest BCUT2D eigenvalue weighted by Gasteiger charge is -2.38. The van der Waals surface area contributed by atoms with E-state index in [0.717, 1.165) is 63.6 Å². The zero-order valence-electron chi connectivity index (χ0n) is 16.0. The molecule has 4 heteroatoms. The van der Waals surface area contributed by atoms with Gasteiger partial charge >= 0.3 is 0 Å². The van der Waals surface area contributed by atoms with E-state index in [-0.39, 0.29) is 5.60 Å². The number of likely N-dealkylation sites (N-methyl/N-ethyl adjacent to an activating group) is 1. The van der Waals surface area contributed by atoms with E-state index in [9.17, 15) is 0 Å². The predicted molar refractivity (Wildman–Crippen MR) is 103 cm³/mol. The fraction of sp³-hybridized carbons (Fsp3) is 0.545. The summed E-state index contributed by atoms with van der Waals surface area (Å²) in [6, 6.07) is 15.4. The molecular formula is C22H30N2O2. The standard InChI is InChI=1S/C22H30N2O2/c1-18-8-9-21(26-18)16-24-12-10-22(11-13-24)14-20(17-25-22)23(2)15-19-6-4-3-5-7-19/h3-9,20H,10-17H2,1-2H3/t20-/m1/s1. The number of aryl methyl sites for hydroxylation is 1. The van der Waals surface area contributed by atoms with Crippen LogP contribution in [-0.2, 0) is 17.8 Å². The number of ether oxygens (including phenoxy) is 1. The lowest BCUT2D eigenvalue weighted by molar-refractivity contribution is -0.0461. The molecule has 1 aromatic carbocycles. The van der Waals surface area contributed by atoms with Crippen LogP contribution in [0.15, 0.2) is 46.9 Å². The first-order chi connectivity index (χ1) is 12.6. The lowest BCUT2D eigenvalue weighted by Crippen LogP contribution is -2.44. The molecule has 1 atom stereocenters. The van der Waals surface area contributed by atoms with Crippen LogP contribution in [-0.4, -0.2) is 48.2 Å². The van der Waals surface area contributed by atoms with E-state index in [2.05, 4.69) is 53.2 Å². The van der Waals surface area contributed by atoms with Crippen LogP contribution >= 0.6 is 0 Å². The van der Waals surface area contributed by atoms with Gasteiger partial charge in [0, 0.05) is 25.7 Å². The summed E-state index contributed by atoms with van der Waals surface area (Å²) < 4.78 is 12.1. The number of likely N-dealkylation sites (tertiary alicyclic amines) is 1. The first-order valence-electron chi connectivity index (χ1n) is 9.78. The zero-order valence-corrected chi connectivity index (χ0v) is 16.0. The molecule has 2 fully saturated rings. The number of nitrogens with zero attached hydrogens (tertiary/aromatic N) is 2. The maximum atomic E-state index is 6.36. The first-order valence-corrected chi connectivity index (χ1v) is 9.78. The largest absolute Gasteiger partial charge is 0.465 e. The molecule has 0 radical (unpaired) electrons. The lowest BCUT2D eigenvalue weighted by atomic mass is 9.87. The molecule has 140 valence electrons. The molecule has 1 aromatic heterocycles. The number of benzene rings is 1. The Morgan fingerprint density at radius 1 is 1.12 bits per heavy atom. The van der Waals surface area contributed by atoms with Gasteiger partial charge in [0.15, 0.2) is 0 Å². The van der Waals surface area contributed by atoms with Crippen molar-refractivity contribution in [2.75, 3.05) is 26.7 Å². The second-order valence-electron chi connectivity index (χ2n) is 8.04. The van der Waals surface area contributed by atoms with Gasteiger partial charge in [-0.25, -0.2) is 0 Å². The quantitative estimate of drug-likeness (QED) is 0.816. The Bertz CT molecular complexity index is 704. The van der Waals surface area contributed by atoms with Crippen molar-refractivity contribution in [1.29, 1.82) is 0 Å². The molecule has 2 aromatic rings. The summed E-state index contributed by atoms with van der Waals surface area (Å²) in [7, 11) is 2.23. The third-order valence-electron chi connectivity index (χ3n) is 6.03. The summed E-state index contributed by atoms with van der Waals surface area (Å²) in [5, 5.41) is 0. The second-order valence-corrected chi connectivity index (χ2v) is 8.04. The first kappa shape index (κ1) is 17.8. The minimum Gasteiger partial charge on any atom is -0.465 e. The molecule has 2 saturated heterocycles. The molecule has 0 saturated carbocycles. The molecule has 0 aliphatic carbocycles. The average molecular weight is 354 g/mol. The van der Waals surface area contributed by atoms with Crippen molar-refractivity contribution in [3.8, 4) is 0 Å². The van der Waals surface area contributed by atoms with E-state index < -0.39 is 0 Å². The van der Waals surface area contributed by atoms with Crippen molar-refractivity contribution in [1.82, 2.24) is 9.80 Å². The molecule has 26 heavy (non-hydrogen) atoms. The van der Waals surface area contributed by atoms with Crippen LogP contribution in [0.3, 0.4) is 0 Å². The molecule has 0 bridgehead atoms. The summed E-state index contributed by atoms with van der Waals surface area (Å²) in [5.41, 5.74) is 1.46. The number of hydrogen-bond donors (Lipinski definition) is 0. The third-order valence-corrected chi connectivity index (χ3v) is 6.03. The van der Waals surface area contributed by atoms with Gasteiger partial charge in [0.05, 0.1) is 18.8 Å². The van der Waals surface area contributed by atoms with E-state index in [1.165, 1.54) is 5.56 Å². The van der Waals surface area contributed by atoms with Gasteiger partial charge in [-0.3, -0.25) is 9.80 Å². The van der Waals surface area contributed by atoms with Crippen molar-refractivity contribution < 1.29 is 9.15 Å². The maximum absolute atomic E-state index is 6.36. The van der Waals surface area contributed by atoms with Crippen LogP contribution in [0.5, 0.6) is 0 Å². The van der Waals surface area contributed by atoms with Gasteiger partial charge in [0.2, 0.25) is 0 Å². The zero-order chi connectivity index (χ0) is 18.0. The highest BCUT2D eigenvalue weighted by molar-refractivity contribution is 5.14. The van der Waals surface area contributed by atoms with Gasteiger partial charge in [-0.15, -0.1) is 0 Å². The highest BCUT2D eigenvalue weighted by Gasteiger charge is 2.43. The number of hydrogen-bond acceptors (Lipinski definition) is 4.